The summed E-state index contributed by atoms with van der Waals surface area (Å²) in [5.74, 6) is 0.854. The average molecular weight is 180 g/mol. The van der Waals surface area contributed by atoms with E-state index < -0.39 is 0 Å². The summed E-state index contributed by atoms with van der Waals surface area (Å²) in [5.41, 5.74) is 0.490. The number of H-pyrrole nitrogens is 1. The van der Waals surface area contributed by atoms with Gasteiger partial charge in [-0.15, -0.1) is 0 Å². The molecular weight excluding hydrogens is 168 g/mol. The van der Waals surface area contributed by atoms with Crippen molar-refractivity contribution in [2.24, 2.45) is 0 Å². The number of nitrogens with zero attached hydrogens (tertiary/aromatic N) is 1. The number of nitrogens with one attached hydrogen (secondary N) is 1. The van der Waals surface area contributed by atoms with Gasteiger partial charge >= 0.3 is 0 Å². The second kappa shape index (κ2) is 2.96. The molecule has 2 heterocycles. The van der Waals surface area contributed by atoms with Gasteiger partial charge in [-0.3, -0.25) is 4.79 Å². The molecular formula is C9H12N2O2. The zero-order valence-corrected chi connectivity index (χ0v) is 7.54. The van der Waals surface area contributed by atoms with Gasteiger partial charge in [0.15, 0.2) is 6.29 Å². The van der Waals surface area contributed by atoms with Crippen LogP contribution in [0.15, 0.2) is 6.20 Å². The molecule has 13 heavy (non-hydrogen) atoms. The minimum absolute atomic E-state index is 0.0404. The summed E-state index contributed by atoms with van der Waals surface area (Å²) in [6.45, 7) is 3.54. The predicted octanol–water partition coefficient (Wildman–Crippen LogP) is 0.900. The molecule has 1 fully saturated rings. The van der Waals surface area contributed by atoms with E-state index in [0.29, 0.717) is 12.3 Å². The molecule has 1 saturated heterocycles. The topological polar surface area (TPSA) is 55.0 Å². The Hall–Kier alpha value is -1.16. The second-order valence-corrected chi connectivity index (χ2v) is 3.67. The van der Waals surface area contributed by atoms with Gasteiger partial charge in [0.1, 0.15) is 5.82 Å². The summed E-state index contributed by atoms with van der Waals surface area (Å²) in [7, 11) is 0. The highest BCUT2D eigenvalue weighted by Gasteiger charge is 2.34. The number of ether oxygens (including phenoxy) is 1. The second-order valence-electron chi connectivity index (χ2n) is 3.67. The molecule has 0 bridgehead atoms. The van der Waals surface area contributed by atoms with Crippen molar-refractivity contribution >= 4 is 6.29 Å². The first-order chi connectivity index (χ1) is 6.24. The molecule has 0 aliphatic carbocycles. The molecule has 1 aromatic rings. The van der Waals surface area contributed by atoms with Crippen LogP contribution in [0.5, 0.6) is 0 Å². The Morgan fingerprint density at radius 1 is 1.77 bits per heavy atom. The number of aromatic amines is 1. The Morgan fingerprint density at radius 3 is 3.15 bits per heavy atom. The highest BCUT2D eigenvalue weighted by atomic mass is 16.5. The molecule has 2 rings (SSSR count). The quantitative estimate of drug-likeness (QED) is 0.688. The first-order valence-corrected chi connectivity index (χ1v) is 4.33. The molecule has 1 unspecified atom stereocenters. The summed E-state index contributed by atoms with van der Waals surface area (Å²) in [6, 6.07) is 0. The summed E-state index contributed by atoms with van der Waals surface area (Å²) >= 11 is 0. The van der Waals surface area contributed by atoms with Crippen molar-refractivity contribution < 1.29 is 9.53 Å². The maximum Gasteiger partial charge on any atom is 0.167 e. The summed E-state index contributed by atoms with van der Waals surface area (Å²) in [5, 5.41) is 0. The molecule has 1 aliphatic rings. The number of hydrogen-bond donors (Lipinski definition) is 1. The lowest BCUT2D eigenvalue weighted by Gasteiger charge is -2.17. The monoisotopic (exact) mass is 180 g/mol. The number of carbonyl (C=O) groups excluding carboxylic acids is 1. The van der Waals surface area contributed by atoms with E-state index in [0.717, 1.165) is 25.1 Å². The van der Waals surface area contributed by atoms with E-state index in [2.05, 4.69) is 16.9 Å². The predicted molar refractivity (Wildman–Crippen MR) is 46.8 cm³/mol. The average Bonchev–Trinajstić information content (AvgIpc) is 2.72. The fraction of sp³-hybridized carbons (Fsp3) is 0.556. The van der Waals surface area contributed by atoms with E-state index in [9.17, 15) is 4.79 Å². The van der Waals surface area contributed by atoms with Gasteiger partial charge in [0.05, 0.1) is 23.9 Å². The smallest absolute Gasteiger partial charge is 0.167 e. The van der Waals surface area contributed by atoms with Crippen LogP contribution < -0.4 is 0 Å². The van der Waals surface area contributed by atoms with E-state index >= 15 is 0 Å². The Kier molecular flexibility index (Phi) is 1.92. The molecule has 0 amide bonds. The highest BCUT2D eigenvalue weighted by molar-refractivity contribution is 5.71. The largest absolute Gasteiger partial charge is 0.380 e. The van der Waals surface area contributed by atoms with Crippen LogP contribution in [-0.2, 0) is 10.2 Å². The fourth-order valence-corrected chi connectivity index (χ4v) is 1.56. The van der Waals surface area contributed by atoms with E-state index in [1.807, 2.05) is 0 Å². The number of rotatable bonds is 2. The van der Waals surface area contributed by atoms with Crippen LogP contribution in [0.25, 0.3) is 0 Å². The number of aromatic nitrogens is 2. The molecule has 1 aromatic heterocycles. The highest BCUT2D eigenvalue weighted by Crippen LogP contribution is 2.29. The molecule has 70 valence electrons. The summed E-state index contributed by atoms with van der Waals surface area (Å²) < 4.78 is 5.31. The van der Waals surface area contributed by atoms with Gasteiger partial charge in [0.25, 0.3) is 0 Å². The van der Waals surface area contributed by atoms with Crippen LogP contribution in [-0.4, -0.2) is 29.5 Å². The third-order valence-electron chi connectivity index (χ3n) is 2.51. The van der Waals surface area contributed by atoms with Crippen molar-refractivity contribution in [3.63, 3.8) is 0 Å². The summed E-state index contributed by atoms with van der Waals surface area (Å²) in [4.78, 5) is 17.6. The Balaban J connectivity index is 2.28. The maximum absolute atomic E-state index is 10.4. The molecule has 1 aliphatic heterocycles. The number of imidazole rings is 1. The lowest BCUT2D eigenvalue weighted by molar-refractivity contribution is 0.111. The lowest BCUT2D eigenvalue weighted by Crippen LogP contribution is -2.23. The third-order valence-corrected chi connectivity index (χ3v) is 2.51. The molecule has 1 N–H and O–H groups in total. The van der Waals surface area contributed by atoms with Crippen molar-refractivity contribution in [3.05, 3.63) is 17.7 Å². The first kappa shape index (κ1) is 8.44. The number of carbonyl (C=O) groups is 1. The maximum atomic E-state index is 10.4. The lowest BCUT2D eigenvalue weighted by atomic mass is 9.89. The van der Waals surface area contributed by atoms with Gasteiger partial charge in [-0.1, -0.05) is 6.92 Å². The van der Waals surface area contributed by atoms with Gasteiger partial charge in [-0.05, 0) is 6.42 Å². The van der Waals surface area contributed by atoms with E-state index in [1.54, 1.807) is 6.20 Å². The molecule has 0 spiro atoms. The van der Waals surface area contributed by atoms with Crippen molar-refractivity contribution in [2.75, 3.05) is 13.2 Å². The number of aldehydes is 1. The van der Waals surface area contributed by atoms with Crippen molar-refractivity contribution in [2.45, 2.75) is 18.8 Å². The van der Waals surface area contributed by atoms with Crippen LogP contribution >= 0.6 is 0 Å². The number of hydrogen-bond acceptors (Lipinski definition) is 3. The first-order valence-electron chi connectivity index (χ1n) is 4.33. The van der Waals surface area contributed by atoms with Crippen LogP contribution in [0, 0.1) is 0 Å². The Bertz CT molecular complexity index is 313. The van der Waals surface area contributed by atoms with Gasteiger partial charge in [-0.25, -0.2) is 4.98 Å². The molecule has 4 nitrogen and oxygen atoms in total. The zero-order chi connectivity index (χ0) is 9.31. The zero-order valence-electron chi connectivity index (χ0n) is 7.54. The SMILES string of the molecule is CC1(c2ncc(C=O)[nH]2)CCOC1. The van der Waals surface area contributed by atoms with Crippen LogP contribution in [0.4, 0.5) is 0 Å². The molecule has 0 radical (unpaired) electrons. The van der Waals surface area contributed by atoms with Crippen LogP contribution in [0.1, 0.15) is 29.7 Å². The van der Waals surface area contributed by atoms with Gasteiger partial charge in [0, 0.05) is 6.61 Å². The normalized spacial score (nSPS) is 27.8. The van der Waals surface area contributed by atoms with Crippen molar-refractivity contribution in [1.82, 2.24) is 9.97 Å². The fourth-order valence-electron chi connectivity index (χ4n) is 1.56. The minimum Gasteiger partial charge on any atom is -0.380 e. The van der Waals surface area contributed by atoms with Gasteiger partial charge in [0.2, 0.25) is 0 Å². The van der Waals surface area contributed by atoms with Gasteiger partial charge in [-0.2, -0.15) is 0 Å². The standard InChI is InChI=1S/C9H12N2O2/c1-9(2-3-13-6-9)8-10-4-7(5-12)11-8/h4-5H,2-3,6H2,1H3,(H,10,11). The van der Waals surface area contributed by atoms with Crippen LogP contribution in [0.2, 0.25) is 0 Å². The third kappa shape index (κ3) is 1.37. The van der Waals surface area contributed by atoms with Crippen molar-refractivity contribution in [3.8, 4) is 0 Å². The van der Waals surface area contributed by atoms with E-state index in [-0.39, 0.29) is 5.41 Å². The molecule has 0 aromatic carbocycles. The summed E-state index contributed by atoms with van der Waals surface area (Å²) in [6.07, 6.45) is 3.29. The molecule has 1 atom stereocenters. The molecule has 4 heteroatoms. The molecule has 0 saturated carbocycles. The Labute approximate surface area is 76.3 Å². The minimum atomic E-state index is -0.0404. The van der Waals surface area contributed by atoms with Crippen LogP contribution in [0.3, 0.4) is 0 Å². The Morgan fingerprint density at radius 2 is 2.62 bits per heavy atom. The van der Waals surface area contributed by atoms with E-state index in [4.69, 9.17) is 4.74 Å². The van der Waals surface area contributed by atoms with E-state index in [1.165, 1.54) is 0 Å². The van der Waals surface area contributed by atoms with Crippen molar-refractivity contribution in [1.29, 1.82) is 0 Å². The van der Waals surface area contributed by atoms with Gasteiger partial charge < -0.3 is 9.72 Å².